The Bertz CT molecular complexity index is 913. The molecule has 1 aliphatic carbocycles. The van der Waals surface area contributed by atoms with E-state index >= 15 is 0 Å². The van der Waals surface area contributed by atoms with Crippen molar-refractivity contribution in [1.82, 2.24) is 4.90 Å². The van der Waals surface area contributed by atoms with E-state index in [0.717, 1.165) is 5.56 Å². The van der Waals surface area contributed by atoms with Crippen molar-refractivity contribution < 1.29 is 0 Å². The highest BCUT2D eigenvalue weighted by Gasteiger charge is 2.57. The molecule has 1 fully saturated rings. The van der Waals surface area contributed by atoms with E-state index < -0.39 is 17.3 Å². The SMILES string of the molecule is CC(C)N1CC=C2C(C1)C(c1ccccc1Cl)C(=N)C(C#N)C2(C#N)C#N. The van der Waals surface area contributed by atoms with Crippen molar-refractivity contribution in [3.63, 3.8) is 0 Å². The molecule has 0 amide bonds. The zero-order valence-corrected chi connectivity index (χ0v) is 16.0. The largest absolute Gasteiger partial charge is 0.308 e. The van der Waals surface area contributed by atoms with Crippen molar-refractivity contribution in [2.75, 3.05) is 13.1 Å². The van der Waals surface area contributed by atoms with Gasteiger partial charge in [-0.3, -0.25) is 4.90 Å². The van der Waals surface area contributed by atoms with Crippen molar-refractivity contribution in [2.24, 2.45) is 17.3 Å². The summed E-state index contributed by atoms with van der Waals surface area (Å²) in [5, 5.41) is 38.8. The van der Waals surface area contributed by atoms with E-state index in [1.807, 2.05) is 24.3 Å². The monoisotopic (exact) mass is 377 g/mol. The van der Waals surface area contributed by atoms with Crippen LogP contribution >= 0.6 is 11.6 Å². The Morgan fingerprint density at radius 1 is 1.22 bits per heavy atom. The number of nitrogens with one attached hydrogen (secondary N) is 1. The summed E-state index contributed by atoms with van der Waals surface area (Å²) in [6.45, 7) is 5.43. The highest BCUT2D eigenvalue weighted by atomic mass is 35.5. The highest BCUT2D eigenvalue weighted by molar-refractivity contribution is 6.31. The Morgan fingerprint density at radius 2 is 1.89 bits per heavy atom. The van der Waals surface area contributed by atoms with Crippen molar-refractivity contribution in [1.29, 1.82) is 21.2 Å². The first kappa shape index (κ1) is 19.1. The first-order valence-electron chi connectivity index (χ1n) is 8.90. The normalized spacial score (nSPS) is 27.1. The molecule has 1 saturated carbocycles. The topological polar surface area (TPSA) is 98.5 Å². The molecule has 1 aromatic carbocycles. The molecule has 1 aromatic rings. The molecule has 1 N–H and O–H groups in total. The minimum absolute atomic E-state index is 0.0986. The summed E-state index contributed by atoms with van der Waals surface area (Å²) in [6.07, 6.45) is 1.92. The van der Waals surface area contributed by atoms with Crippen LogP contribution in [0, 0.1) is 56.7 Å². The molecule has 6 heteroatoms. The van der Waals surface area contributed by atoms with Crippen LogP contribution in [-0.4, -0.2) is 29.7 Å². The average Bonchev–Trinajstić information content (AvgIpc) is 2.67. The Kier molecular flexibility index (Phi) is 5.07. The lowest BCUT2D eigenvalue weighted by molar-refractivity contribution is 0.182. The van der Waals surface area contributed by atoms with Gasteiger partial charge in [0.2, 0.25) is 0 Å². The van der Waals surface area contributed by atoms with Gasteiger partial charge in [-0.2, -0.15) is 15.8 Å². The van der Waals surface area contributed by atoms with Crippen LogP contribution in [0.5, 0.6) is 0 Å². The number of halogens is 1. The van der Waals surface area contributed by atoms with Gasteiger partial charge in [0.25, 0.3) is 0 Å². The molecule has 3 rings (SSSR count). The molecule has 0 saturated heterocycles. The first-order valence-corrected chi connectivity index (χ1v) is 9.28. The number of nitrogens with zero attached hydrogens (tertiary/aromatic N) is 4. The molecule has 3 unspecified atom stereocenters. The zero-order chi connectivity index (χ0) is 19.8. The first-order chi connectivity index (χ1) is 12.9. The van der Waals surface area contributed by atoms with Gasteiger partial charge >= 0.3 is 0 Å². The van der Waals surface area contributed by atoms with Gasteiger partial charge in [-0.25, -0.2) is 0 Å². The highest BCUT2D eigenvalue weighted by Crippen LogP contribution is 2.53. The summed E-state index contributed by atoms with van der Waals surface area (Å²) >= 11 is 6.44. The molecule has 27 heavy (non-hydrogen) atoms. The van der Waals surface area contributed by atoms with E-state index in [0.29, 0.717) is 23.7 Å². The average molecular weight is 378 g/mol. The minimum atomic E-state index is -1.61. The molecular formula is C21H20ClN5. The van der Waals surface area contributed by atoms with Gasteiger partial charge in [-0.1, -0.05) is 35.9 Å². The van der Waals surface area contributed by atoms with E-state index in [1.54, 1.807) is 6.07 Å². The maximum Gasteiger partial charge on any atom is 0.186 e. The van der Waals surface area contributed by atoms with Gasteiger partial charge in [0.1, 0.15) is 5.92 Å². The third kappa shape index (κ3) is 2.83. The molecule has 2 aliphatic rings. The number of hydrogen-bond acceptors (Lipinski definition) is 5. The Morgan fingerprint density at radius 3 is 2.44 bits per heavy atom. The summed E-state index contributed by atoms with van der Waals surface area (Å²) < 4.78 is 0. The second-order valence-electron chi connectivity index (χ2n) is 7.36. The Labute approximate surface area is 164 Å². The van der Waals surface area contributed by atoms with E-state index in [2.05, 4.69) is 37.0 Å². The minimum Gasteiger partial charge on any atom is -0.308 e. The second kappa shape index (κ2) is 7.16. The second-order valence-corrected chi connectivity index (χ2v) is 7.77. The fourth-order valence-electron chi connectivity index (χ4n) is 4.31. The molecule has 1 aliphatic heterocycles. The van der Waals surface area contributed by atoms with Crippen LogP contribution < -0.4 is 0 Å². The van der Waals surface area contributed by atoms with Crippen molar-refractivity contribution >= 4 is 17.3 Å². The lowest BCUT2D eigenvalue weighted by Crippen LogP contribution is -2.53. The summed E-state index contributed by atoms with van der Waals surface area (Å²) in [4.78, 5) is 2.25. The number of fused-ring (bicyclic) bond motifs is 1. The number of benzene rings is 1. The van der Waals surface area contributed by atoms with Crippen LogP contribution in [0.15, 0.2) is 35.9 Å². The van der Waals surface area contributed by atoms with Crippen molar-refractivity contribution in [3.05, 3.63) is 46.5 Å². The van der Waals surface area contributed by atoms with Gasteiger partial charge in [0, 0.05) is 41.7 Å². The van der Waals surface area contributed by atoms with Crippen molar-refractivity contribution in [2.45, 2.75) is 25.8 Å². The molecule has 3 atom stereocenters. The van der Waals surface area contributed by atoms with E-state index in [4.69, 9.17) is 17.0 Å². The van der Waals surface area contributed by atoms with Crippen LogP contribution in [-0.2, 0) is 0 Å². The summed E-state index contributed by atoms with van der Waals surface area (Å²) in [7, 11) is 0. The summed E-state index contributed by atoms with van der Waals surface area (Å²) in [6, 6.07) is 13.8. The van der Waals surface area contributed by atoms with Gasteiger partial charge < -0.3 is 5.41 Å². The van der Waals surface area contributed by atoms with Gasteiger partial charge in [-0.15, -0.1) is 0 Å². The Balaban J connectivity index is 2.24. The van der Waals surface area contributed by atoms with Crippen LogP contribution in [0.2, 0.25) is 5.02 Å². The molecular weight excluding hydrogens is 358 g/mol. The maximum absolute atomic E-state index is 9.89. The van der Waals surface area contributed by atoms with Crippen LogP contribution in [0.3, 0.4) is 0 Å². The smallest absolute Gasteiger partial charge is 0.186 e. The molecule has 0 bridgehead atoms. The van der Waals surface area contributed by atoms with Gasteiger partial charge in [0.15, 0.2) is 5.41 Å². The van der Waals surface area contributed by atoms with Gasteiger partial charge in [0.05, 0.1) is 18.2 Å². The zero-order valence-electron chi connectivity index (χ0n) is 15.3. The molecule has 0 aromatic heterocycles. The van der Waals surface area contributed by atoms with E-state index in [9.17, 15) is 15.8 Å². The molecule has 0 radical (unpaired) electrons. The molecule has 5 nitrogen and oxygen atoms in total. The summed E-state index contributed by atoms with van der Waals surface area (Å²) in [5.41, 5.74) is -0.0779. The van der Waals surface area contributed by atoms with Gasteiger partial charge in [-0.05, 0) is 31.1 Å². The standard InChI is InChI=1S/C21H20ClN5/c1-13(2)27-8-7-16-15(10-27)19(14-5-3-4-6-18(14)22)20(26)17(9-23)21(16,11-24)12-25/h3-7,13,15,17,19,26H,8,10H2,1-2H3. The third-order valence-electron chi connectivity index (χ3n) is 5.77. The number of hydrogen-bond donors (Lipinski definition) is 1. The lowest BCUT2D eigenvalue weighted by Gasteiger charge is -2.48. The fraction of sp³-hybridized carbons (Fsp3) is 0.429. The predicted molar refractivity (Wildman–Crippen MR) is 103 cm³/mol. The summed E-state index contributed by atoms with van der Waals surface area (Å²) in [5.74, 6) is -1.77. The predicted octanol–water partition coefficient (Wildman–Crippen LogP) is 3.90. The quantitative estimate of drug-likeness (QED) is 0.790. The molecule has 136 valence electrons. The lowest BCUT2D eigenvalue weighted by atomic mass is 9.55. The van der Waals surface area contributed by atoms with Crippen LogP contribution in [0.1, 0.15) is 25.3 Å². The maximum atomic E-state index is 9.89. The number of nitriles is 3. The van der Waals surface area contributed by atoms with E-state index in [-0.39, 0.29) is 17.7 Å². The van der Waals surface area contributed by atoms with Crippen LogP contribution in [0.4, 0.5) is 0 Å². The van der Waals surface area contributed by atoms with E-state index in [1.165, 1.54) is 0 Å². The Hall–Kier alpha value is -2.65. The third-order valence-corrected chi connectivity index (χ3v) is 6.11. The molecule has 1 heterocycles. The number of rotatable bonds is 2. The van der Waals surface area contributed by atoms with Crippen molar-refractivity contribution in [3.8, 4) is 18.2 Å². The van der Waals surface area contributed by atoms with Crippen LogP contribution in [0.25, 0.3) is 0 Å². The molecule has 0 spiro atoms. The fourth-order valence-corrected chi connectivity index (χ4v) is 4.56.